The predicted molar refractivity (Wildman–Crippen MR) is 85.1 cm³/mol. The number of nitrogens with two attached hydrogens (primary N) is 1. The van der Waals surface area contributed by atoms with Gasteiger partial charge in [0, 0.05) is 23.5 Å². The predicted octanol–water partition coefficient (Wildman–Crippen LogP) is 3.52. The van der Waals surface area contributed by atoms with Gasteiger partial charge in [-0.15, -0.1) is 0 Å². The number of likely N-dealkylation sites (tertiary alicyclic amines) is 1. The van der Waals surface area contributed by atoms with Gasteiger partial charge in [-0.2, -0.15) is 0 Å². The standard InChI is InChI=1S/C17H23ClN2O/c18-15-8-2-1-7-14(15)16-9-4-10-20(16)17(21)12-5-3-6-13(19)11-12/h1-2,7-8,12-13,16H,3-6,9-11,19H2. The summed E-state index contributed by atoms with van der Waals surface area (Å²) in [5.41, 5.74) is 7.13. The number of hydrogen-bond donors (Lipinski definition) is 1. The van der Waals surface area contributed by atoms with Crippen LogP contribution in [0, 0.1) is 5.92 Å². The lowest BCUT2D eigenvalue weighted by Gasteiger charge is -2.33. The Bertz CT molecular complexity index is 519. The van der Waals surface area contributed by atoms with Gasteiger partial charge in [-0.1, -0.05) is 36.2 Å². The molecule has 2 aliphatic rings. The zero-order chi connectivity index (χ0) is 14.8. The lowest BCUT2D eigenvalue weighted by Crippen LogP contribution is -2.40. The molecule has 1 amide bonds. The third kappa shape index (κ3) is 3.09. The number of carbonyl (C=O) groups is 1. The monoisotopic (exact) mass is 306 g/mol. The molecule has 21 heavy (non-hydrogen) atoms. The minimum atomic E-state index is 0.108. The first-order valence-corrected chi connectivity index (χ1v) is 8.35. The molecule has 1 heterocycles. The molecule has 1 saturated heterocycles. The van der Waals surface area contributed by atoms with Crippen LogP contribution in [-0.2, 0) is 4.79 Å². The highest BCUT2D eigenvalue weighted by Crippen LogP contribution is 2.38. The number of halogens is 1. The molecule has 1 aliphatic carbocycles. The molecule has 0 spiro atoms. The largest absolute Gasteiger partial charge is 0.335 e. The Labute approximate surface area is 131 Å². The van der Waals surface area contributed by atoms with Crippen LogP contribution in [0.2, 0.25) is 5.02 Å². The Morgan fingerprint density at radius 2 is 2.00 bits per heavy atom. The van der Waals surface area contributed by atoms with Crippen molar-refractivity contribution in [1.29, 1.82) is 0 Å². The molecule has 1 aromatic rings. The van der Waals surface area contributed by atoms with Crippen molar-refractivity contribution in [1.82, 2.24) is 4.90 Å². The first kappa shape index (κ1) is 14.9. The van der Waals surface area contributed by atoms with Crippen LogP contribution in [0.15, 0.2) is 24.3 Å². The van der Waals surface area contributed by atoms with Crippen molar-refractivity contribution in [2.75, 3.05) is 6.54 Å². The molecule has 3 rings (SSSR count). The molecule has 0 radical (unpaired) electrons. The van der Waals surface area contributed by atoms with Crippen LogP contribution in [0.5, 0.6) is 0 Å². The molecule has 0 aromatic heterocycles. The normalized spacial score (nSPS) is 29.6. The number of rotatable bonds is 2. The van der Waals surface area contributed by atoms with E-state index in [-0.39, 0.29) is 23.9 Å². The number of amides is 1. The van der Waals surface area contributed by atoms with E-state index in [0.717, 1.165) is 55.7 Å². The van der Waals surface area contributed by atoms with E-state index in [2.05, 4.69) is 0 Å². The summed E-state index contributed by atoms with van der Waals surface area (Å²) in [5.74, 6) is 0.393. The summed E-state index contributed by atoms with van der Waals surface area (Å²) in [6.45, 7) is 0.848. The molecule has 114 valence electrons. The number of carbonyl (C=O) groups excluding carboxylic acids is 1. The molecule has 0 bridgehead atoms. The van der Waals surface area contributed by atoms with Gasteiger partial charge in [0.25, 0.3) is 0 Å². The molecule has 3 unspecified atom stereocenters. The van der Waals surface area contributed by atoms with Crippen LogP contribution < -0.4 is 5.73 Å². The Hall–Kier alpha value is -1.06. The third-order valence-corrected chi connectivity index (χ3v) is 5.21. The summed E-state index contributed by atoms with van der Waals surface area (Å²) >= 11 is 6.33. The Balaban J connectivity index is 1.77. The van der Waals surface area contributed by atoms with Crippen molar-refractivity contribution in [3.63, 3.8) is 0 Å². The van der Waals surface area contributed by atoms with Crippen LogP contribution in [0.25, 0.3) is 0 Å². The number of hydrogen-bond acceptors (Lipinski definition) is 2. The summed E-state index contributed by atoms with van der Waals surface area (Å²) < 4.78 is 0. The summed E-state index contributed by atoms with van der Waals surface area (Å²) in [6, 6.07) is 8.23. The van der Waals surface area contributed by atoms with Gasteiger partial charge in [0.05, 0.1) is 6.04 Å². The highest BCUT2D eigenvalue weighted by molar-refractivity contribution is 6.31. The number of nitrogens with zero attached hydrogens (tertiary/aromatic N) is 1. The van der Waals surface area contributed by atoms with Crippen LogP contribution in [0.1, 0.15) is 50.1 Å². The summed E-state index contributed by atoms with van der Waals surface area (Å²) in [6.07, 6.45) is 6.01. The summed E-state index contributed by atoms with van der Waals surface area (Å²) in [7, 11) is 0. The summed E-state index contributed by atoms with van der Waals surface area (Å²) in [5, 5.41) is 0.766. The van der Waals surface area contributed by atoms with Gasteiger partial charge in [0.1, 0.15) is 0 Å². The minimum Gasteiger partial charge on any atom is -0.335 e. The van der Waals surface area contributed by atoms with Gasteiger partial charge in [-0.05, 0) is 43.7 Å². The maximum absolute atomic E-state index is 12.9. The third-order valence-electron chi connectivity index (χ3n) is 4.86. The minimum absolute atomic E-state index is 0.108. The maximum Gasteiger partial charge on any atom is 0.226 e. The molecule has 4 heteroatoms. The van der Waals surface area contributed by atoms with E-state index >= 15 is 0 Å². The fourth-order valence-electron chi connectivity index (χ4n) is 3.79. The smallest absolute Gasteiger partial charge is 0.226 e. The van der Waals surface area contributed by atoms with Gasteiger partial charge >= 0.3 is 0 Å². The van der Waals surface area contributed by atoms with E-state index < -0.39 is 0 Å². The second-order valence-electron chi connectivity index (χ2n) is 6.33. The fourth-order valence-corrected chi connectivity index (χ4v) is 4.05. The Morgan fingerprint density at radius 3 is 2.76 bits per heavy atom. The zero-order valence-electron chi connectivity index (χ0n) is 12.3. The van der Waals surface area contributed by atoms with E-state index in [9.17, 15) is 4.79 Å². The lowest BCUT2D eigenvalue weighted by molar-refractivity contribution is -0.137. The molecule has 2 fully saturated rings. The SMILES string of the molecule is NC1CCCC(C(=O)N2CCCC2c2ccccc2Cl)C1. The Morgan fingerprint density at radius 1 is 1.19 bits per heavy atom. The van der Waals surface area contributed by atoms with Crippen LogP contribution in [0.4, 0.5) is 0 Å². The lowest BCUT2D eigenvalue weighted by atomic mass is 9.85. The zero-order valence-corrected chi connectivity index (χ0v) is 13.1. The highest BCUT2D eigenvalue weighted by atomic mass is 35.5. The molecule has 3 atom stereocenters. The molecule has 1 aliphatic heterocycles. The highest BCUT2D eigenvalue weighted by Gasteiger charge is 2.36. The topological polar surface area (TPSA) is 46.3 Å². The second kappa shape index (κ2) is 6.37. The van der Waals surface area contributed by atoms with Crippen molar-refractivity contribution >= 4 is 17.5 Å². The Kier molecular flexibility index (Phi) is 4.51. The average molecular weight is 307 g/mol. The van der Waals surface area contributed by atoms with Gasteiger partial charge < -0.3 is 10.6 Å². The van der Waals surface area contributed by atoms with E-state index in [1.54, 1.807) is 0 Å². The van der Waals surface area contributed by atoms with E-state index in [0.29, 0.717) is 0 Å². The molecular weight excluding hydrogens is 284 g/mol. The van der Waals surface area contributed by atoms with Crippen molar-refractivity contribution in [2.45, 2.75) is 50.6 Å². The van der Waals surface area contributed by atoms with E-state index in [1.807, 2.05) is 29.2 Å². The molecule has 2 N–H and O–H groups in total. The summed E-state index contributed by atoms with van der Waals surface area (Å²) in [4.78, 5) is 14.9. The van der Waals surface area contributed by atoms with E-state index in [1.165, 1.54) is 0 Å². The molecule has 1 aromatic carbocycles. The molecule has 1 saturated carbocycles. The van der Waals surface area contributed by atoms with Gasteiger partial charge in [0.15, 0.2) is 0 Å². The van der Waals surface area contributed by atoms with Crippen molar-refractivity contribution < 1.29 is 4.79 Å². The van der Waals surface area contributed by atoms with Gasteiger partial charge in [-0.3, -0.25) is 4.79 Å². The van der Waals surface area contributed by atoms with Crippen LogP contribution >= 0.6 is 11.6 Å². The molecular formula is C17H23ClN2O. The number of benzene rings is 1. The first-order chi connectivity index (χ1) is 10.2. The van der Waals surface area contributed by atoms with Crippen LogP contribution in [0.3, 0.4) is 0 Å². The van der Waals surface area contributed by atoms with E-state index in [4.69, 9.17) is 17.3 Å². The van der Waals surface area contributed by atoms with Crippen molar-refractivity contribution in [2.24, 2.45) is 11.7 Å². The molecule has 3 nitrogen and oxygen atoms in total. The van der Waals surface area contributed by atoms with Crippen LogP contribution in [-0.4, -0.2) is 23.4 Å². The van der Waals surface area contributed by atoms with Crippen molar-refractivity contribution in [3.05, 3.63) is 34.9 Å². The quantitative estimate of drug-likeness (QED) is 0.908. The van der Waals surface area contributed by atoms with Gasteiger partial charge in [0.2, 0.25) is 5.91 Å². The first-order valence-electron chi connectivity index (χ1n) is 7.97. The van der Waals surface area contributed by atoms with Gasteiger partial charge in [-0.25, -0.2) is 0 Å². The van der Waals surface area contributed by atoms with Crippen molar-refractivity contribution in [3.8, 4) is 0 Å². The average Bonchev–Trinajstić information content (AvgIpc) is 2.96. The second-order valence-corrected chi connectivity index (χ2v) is 6.74. The fraction of sp³-hybridized carbons (Fsp3) is 0.588. The maximum atomic E-state index is 12.9.